The molecule has 2 aliphatic heterocycles. The molecule has 142 valence electrons. The monoisotopic (exact) mass is 384 g/mol. The first kappa shape index (κ1) is 18.2. The highest BCUT2D eigenvalue weighted by Gasteiger charge is 2.28. The number of benzene rings is 1. The fourth-order valence-corrected chi connectivity index (χ4v) is 4.09. The summed E-state index contributed by atoms with van der Waals surface area (Å²) in [4.78, 5) is 26.5. The van der Waals surface area contributed by atoms with Crippen molar-refractivity contribution in [2.45, 2.75) is 38.6 Å². The molecule has 1 aromatic carbocycles. The number of nitrogens with zero attached hydrogens (tertiary/aromatic N) is 4. The molecular weight excluding hydrogens is 360 g/mol. The Balaban J connectivity index is 1.73. The summed E-state index contributed by atoms with van der Waals surface area (Å²) in [6.07, 6.45) is 4.81. The van der Waals surface area contributed by atoms with Crippen molar-refractivity contribution in [3.8, 4) is 11.4 Å². The summed E-state index contributed by atoms with van der Waals surface area (Å²) in [7, 11) is 0. The van der Waals surface area contributed by atoms with Gasteiger partial charge in [0.25, 0.3) is 0 Å². The van der Waals surface area contributed by atoms with Gasteiger partial charge in [0.2, 0.25) is 5.91 Å². The van der Waals surface area contributed by atoms with Gasteiger partial charge in [-0.15, -0.1) is 11.6 Å². The van der Waals surface area contributed by atoms with E-state index in [-0.39, 0.29) is 5.91 Å². The van der Waals surface area contributed by atoms with Crippen LogP contribution in [0.5, 0.6) is 0 Å². The number of anilines is 1. The third kappa shape index (κ3) is 3.93. The van der Waals surface area contributed by atoms with Crippen molar-refractivity contribution in [2.24, 2.45) is 0 Å². The lowest BCUT2D eigenvalue weighted by molar-refractivity contribution is -0.131. The highest BCUT2D eigenvalue weighted by molar-refractivity contribution is 6.18. The summed E-state index contributed by atoms with van der Waals surface area (Å²) >= 11 is 5.78. The standard InChI is InChI=1S/C21H25ClN4O/c22-11-9-19(27)26-14-10-18-17(15-26)21(25-12-5-2-6-13-25)24-20(23-18)16-7-3-1-4-8-16/h1,3-4,7-8H,2,5-6,9-15H2. The Labute approximate surface area is 165 Å². The van der Waals surface area contributed by atoms with Crippen molar-refractivity contribution in [2.75, 3.05) is 30.4 Å². The average molecular weight is 385 g/mol. The Hall–Kier alpha value is -2.14. The van der Waals surface area contributed by atoms with Gasteiger partial charge >= 0.3 is 0 Å². The van der Waals surface area contributed by atoms with Gasteiger partial charge < -0.3 is 9.80 Å². The van der Waals surface area contributed by atoms with Crippen LogP contribution in [0.2, 0.25) is 0 Å². The van der Waals surface area contributed by atoms with Crippen molar-refractivity contribution >= 4 is 23.3 Å². The zero-order chi connectivity index (χ0) is 18.6. The lowest BCUT2D eigenvalue weighted by atomic mass is 10.0. The SMILES string of the molecule is O=C(CCCl)N1CCc2nc(-c3ccccc3)nc(N3CCCCC3)c2C1. The smallest absolute Gasteiger partial charge is 0.224 e. The van der Waals surface area contributed by atoms with E-state index < -0.39 is 0 Å². The summed E-state index contributed by atoms with van der Waals surface area (Å²) < 4.78 is 0. The van der Waals surface area contributed by atoms with Crippen molar-refractivity contribution in [1.82, 2.24) is 14.9 Å². The van der Waals surface area contributed by atoms with Crippen LogP contribution in [0.1, 0.15) is 36.9 Å². The van der Waals surface area contributed by atoms with Gasteiger partial charge in [-0.3, -0.25) is 4.79 Å². The Morgan fingerprint density at radius 2 is 1.81 bits per heavy atom. The van der Waals surface area contributed by atoms with Gasteiger partial charge in [0.1, 0.15) is 5.82 Å². The second-order valence-electron chi connectivity index (χ2n) is 7.21. The number of hydrogen-bond acceptors (Lipinski definition) is 4. The topological polar surface area (TPSA) is 49.3 Å². The predicted octanol–water partition coefficient (Wildman–Crippen LogP) is 3.65. The number of carbonyl (C=O) groups excluding carboxylic acids is 1. The number of rotatable bonds is 4. The maximum Gasteiger partial charge on any atom is 0.224 e. The molecule has 0 saturated carbocycles. The van der Waals surface area contributed by atoms with Gasteiger partial charge in [-0.2, -0.15) is 0 Å². The van der Waals surface area contributed by atoms with Gasteiger partial charge in [-0.05, 0) is 19.3 Å². The lowest BCUT2D eigenvalue weighted by Crippen LogP contribution is -2.39. The summed E-state index contributed by atoms with van der Waals surface area (Å²) in [6, 6.07) is 10.2. The van der Waals surface area contributed by atoms with Crippen LogP contribution in [0.3, 0.4) is 0 Å². The molecular formula is C21H25ClN4O. The Bertz CT molecular complexity index is 805. The molecule has 3 heterocycles. The minimum absolute atomic E-state index is 0.118. The highest BCUT2D eigenvalue weighted by atomic mass is 35.5. The highest BCUT2D eigenvalue weighted by Crippen LogP contribution is 2.31. The molecule has 0 unspecified atom stereocenters. The van der Waals surface area contributed by atoms with Crippen molar-refractivity contribution in [1.29, 1.82) is 0 Å². The quantitative estimate of drug-likeness (QED) is 0.755. The summed E-state index contributed by atoms with van der Waals surface area (Å²) in [5, 5.41) is 0. The van der Waals surface area contributed by atoms with E-state index in [0.29, 0.717) is 25.4 Å². The van der Waals surface area contributed by atoms with Crippen LogP contribution in [-0.2, 0) is 17.8 Å². The zero-order valence-electron chi connectivity index (χ0n) is 15.5. The third-order valence-electron chi connectivity index (χ3n) is 5.39. The molecule has 2 aliphatic rings. The molecule has 0 aliphatic carbocycles. The first-order chi connectivity index (χ1) is 13.3. The molecule has 0 N–H and O–H groups in total. The minimum Gasteiger partial charge on any atom is -0.356 e. The Morgan fingerprint density at radius 1 is 1.04 bits per heavy atom. The zero-order valence-corrected chi connectivity index (χ0v) is 16.3. The first-order valence-corrected chi connectivity index (χ1v) is 10.3. The number of alkyl halides is 1. The van der Waals surface area contributed by atoms with Gasteiger partial charge in [0.15, 0.2) is 5.82 Å². The number of halogens is 1. The molecule has 1 amide bonds. The number of carbonyl (C=O) groups is 1. The van der Waals surface area contributed by atoms with Crippen molar-refractivity contribution in [3.63, 3.8) is 0 Å². The minimum atomic E-state index is 0.118. The van der Waals surface area contributed by atoms with Gasteiger partial charge in [-0.1, -0.05) is 30.3 Å². The second kappa shape index (κ2) is 8.26. The molecule has 27 heavy (non-hydrogen) atoms. The van der Waals surface area contributed by atoms with Crippen molar-refractivity contribution < 1.29 is 4.79 Å². The van der Waals surface area contributed by atoms with Crippen LogP contribution >= 0.6 is 11.6 Å². The number of fused-ring (bicyclic) bond motifs is 1. The molecule has 1 fully saturated rings. The molecule has 0 spiro atoms. The number of aromatic nitrogens is 2. The Kier molecular flexibility index (Phi) is 5.58. The predicted molar refractivity (Wildman–Crippen MR) is 108 cm³/mol. The summed E-state index contributed by atoms with van der Waals surface area (Å²) in [5.74, 6) is 2.29. The van der Waals surface area contributed by atoms with Crippen LogP contribution in [0.4, 0.5) is 5.82 Å². The van der Waals surface area contributed by atoms with Gasteiger partial charge in [-0.25, -0.2) is 9.97 Å². The van der Waals surface area contributed by atoms with E-state index >= 15 is 0 Å². The summed E-state index contributed by atoms with van der Waals surface area (Å²) in [5.41, 5.74) is 3.24. The Morgan fingerprint density at radius 3 is 2.56 bits per heavy atom. The van der Waals surface area contributed by atoms with E-state index in [4.69, 9.17) is 21.6 Å². The molecule has 0 bridgehead atoms. The van der Waals surface area contributed by atoms with Crippen LogP contribution in [-0.4, -0.2) is 46.3 Å². The van der Waals surface area contributed by atoms with E-state index in [2.05, 4.69) is 17.0 Å². The van der Waals surface area contributed by atoms with Crippen LogP contribution in [0.25, 0.3) is 11.4 Å². The normalized spacial score (nSPS) is 16.9. The van der Waals surface area contributed by atoms with Crippen molar-refractivity contribution in [3.05, 3.63) is 41.6 Å². The number of hydrogen-bond donors (Lipinski definition) is 0. The average Bonchev–Trinajstić information content (AvgIpc) is 2.74. The number of amides is 1. The molecule has 4 rings (SSSR count). The van der Waals surface area contributed by atoms with E-state index in [1.165, 1.54) is 19.3 Å². The van der Waals surface area contributed by atoms with E-state index in [1.807, 2.05) is 23.1 Å². The maximum absolute atomic E-state index is 12.4. The molecule has 1 saturated heterocycles. The van der Waals surface area contributed by atoms with Gasteiger partial charge in [0, 0.05) is 49.5 Å². The second-order valence-corrected chi connectivity index (χ2v) is 7.59. The van der Waals surface area contributed by atoms with Crippen LogP contribution in [0, 0.1) is 0 Å². The largest absolute Gasteiger partial charge is 0.356 e. The summed E-state index contributed by atoms with van der Waals surface area (Å²) in [6.45, 7) is 3.33. The molecule has 6 heteroatoms. The maximum atomic E-state index is 12.4. The molecule has 2 aromatic rings. The molecule has 0 atom stereocenters. The van der Waals surface area contributed by atoms with E-state index in [0.717, 1.165) is 48.0 Å². The third-order valence-corrected chi connectivity index (χ3v) is 5.58. The van der Waals surface area contributed by atoms with Crippen LogP contribution in [0.15, 0.2) is 30.3 Å². The van der Waals surface area contributed by atoms with Gasteiger partial charge in [0.05, 0.1) is 12.2 Å². The van der Waals surface area contributed by atoms with E-state index in [1.54, 1.807) is 0 Å². The van der Waals surface area contributed by atoms with Crippen LogP contribution < -0.4 is 4.90 Å². The van der Waals surface area contributed by atoms with E-state index in [9.17, 15) is 4.79 Å². The fourth-order valence-electron chi connectivity index (χ4n) is 3.93. The fraction of sp³-hybridized carbons (Fsp3) is 0.476. The molecule has 0 radical (unpaired) electrons. The molecule has 5 nitrogen and oxygen atoms in total. The number of piperidine rings is 1. The lowest BCUT2D eigenvalue weighted by Gasteiger charge is -2.34. The molecule has 1 aromatic heterocycles. The first-order valence-electron chi connectivity index (χ1n) is 9.80.